The number of benzene rings is 1. The van der Waals surface area contributed by atoms with E-state index in [2.05, 4.69) is 15.6 Å². The number of anilines is 1. The van der Waals surface area contributed by atoms with E-state index in [-0.39, 0.29) is 21.4 Å². The van der Waals surface area contributed by atoms with Crippen molar-refractivity contribution in [1.82, 2.24) is 10.3 Å². The second kappa shape index (κ2) is 9.94. The zero-order valence-corrected chi connectivity index (χ0v) is 19.9. The first-order chi connectivity index (χ1) is 15.2. The average molecular weight is 479 g/mol. The molecule has 1 aromatic heterocycles. The summed E-state index contributed by atoms with van der Waals surface area (Å²) in [6, 6.07) is 4.90. The molecule has 0 bridgehead atoms. The summed E-state index contributed by atoms with van der Waals surface area (Å²) < 4.78 is 10.7. The number of nitrogens with one attached hydrogen (secondary N) is 2. The molecule has 1 aromatic carbocycles. The zero-order chi connectivity index (χ0) is 25.0. The summed E-state index contributed by atoms with van der Waals surface area (Å²) in [5.41, 5.74) is -1.48. The largest absolute Gasteiger partial charge is 0.444 e. The van der Waals surface area contributed by atoms with Crippen LogP contribution >= 0.6 is 11.3 Å². The highest BCUT2D eigenvalue weighted by molar-refractivity contribution is 7.18. The molecule has 0 aliphatic carbocycles. The molecule has 0 radical (unpaired) electrons. The van der Waals surface area contributed by atoms with Crippen LogP contribution in [0.15, 0.2) is 30.5 Å². The van der Waals surface area contributed by atoms with Crippen LogP contribution in [-0.4, -0.2) is 39.5 Å². The van der Waals surface area contributed by atoms with Crippen LogP contribution in [0.2, 0.25) is 0 Å². The first-order valence-corrected chi connectivity index (χ1v) is 10.7. The Balaban J connectivity index is 2.21. The first-order valence-electron chi connectivity index (χ1n) is 9.89. The van der Waals surface area contributed by atoms with E-state index < -0.39 is 40.0 Å². The number of thiazole rings is 1. The third-order valence-corrected chi connectivity index (χ3v) is 4.86. The molecule has 2 amide bonds. The Kier molecular flexibility index (Phi) is 7.75. The van der Waals surface area contributed by atoms with Gasteiger partial charge in [-0.3, -0.25) is 20.2 Å². The van der Waals surface area contributed by atoms with Gasteiger partial charge in [0.25, 0.3) is 5.91 Å². The number of hydrogen-bond acceptors (Lipinski definition) is 9. The molecule has 0 fully saturated rings. The first kappa shape index (κ1) is 25.7. The Hall–Kier alpha value is -3.54. The molecule has 0 aliphatic heterocycles. The molecule has 1 unspecified atom stereocenters. The molecule has 0 saturated carbocycles. The van der Waals surface area contributed by atoms with E-state index in [9.17, 15) is 24.5 Å². The molecule has 2 N–H and O–H groups in total. The summed E-state index contributed by atoms with van der Waals surface area (Å²) in [5.74, 6) is -1.51. The number of hydrogen-bond donors (Lipinski definition) is 2. The number of alkyl carbamates (subject to hydrolysis) is 1. The van der Waals surface area contributed by atoms with E-state index in [1.54, 1.807) is 53.7 Å². The standard InChI is InChI=1S/C21H26N4O7S/c1-20(2,3)15(23-19(28)32-21(4,5)6)17(27)31-13-10-8-7-9-12(13)16(26)24-18-22-11-14(33-18)25(29)30/h7-11,15H,1-6H3,(H,23,28)(H,22,24,26). The monoisotopic (exact) mass is 478 g/mol. The second-order valence-electron chi connectivity index (χ2n) is 9.08. The lowest BCUT2D eigenvalue weighted by molar-refractivity contribution is -0.380. The Morgan fingerprint density at radius 3 is 2.30 bits per heavy atom. The summed E-state index contributed by atoms with van der Waals surface area (Å²) in [6.45, 7) is 10.3. The van der Waals surface area contributed by atoms with E-state index in [1.807, 2.05) is 0 Å². The lowest BCUT2D eigenvalue weighted by Gasteiger charge is -2.30. The number of para-hydroxylation sites is 1. The molecule has 1 heterocycles. The summed E-state index contributed by atoms with van der Waals surface area (Å²) in [5, 5.41) is 15.6. The Bertz CT molecular complexity index is 1050. The van der Waals surface area contributed by atoms with Crippen molar-refractivity contribution in [3.63, 3.8) is 0 Å². The van der Waals surface area contributed by atoms with E-state index >= 15 is 0 Å². The predicted molar refractivity (Wildman–Crippen MR) is 121 cm³/mol. The molecule has 2 rings (SSSR count). The van der Waals surface area contributed by atoms with Gasteiger partial charge in [-0.1, -0.05) is 32.9 Å². The molecule has 12 heteroatoms. The van der Waals surface area contributed by atoms with Crippen molar-refractivity contribution in [3.8, 4) is 5.75 Å². The van der Waals surface area contributed by atoms with Crippen molar-refractivity contribution in [2.24, 2.45) is 5.41 Å². The Morgan fingerprint density at radius 1 is 1.12 bits per heavy atom. The van der Waals surface area contributed by atoms with Crippen molar-refractivity contribution in [1.29, 1.82) is 0 Å². The molecule has 33 heavy (non-hydrogen) atoms. The number of aromatic nitrogens is 1. The van der Waals surface area contributed by atoms with Gasteiger partial charge in [-0.25, -0.2) is 14.6 Å². The van der Waals surface area contributed by atoms with E-state index in [0.29, 0.717) is 11.3 Å². The highest BCUT2D eigenvalue weighted by atomic mass is 32.1. The van der Waals surface area contributed by atoms with Crippen LogP contribution in [0, 0.1) is 15.5 Å². The van der Waals surface area contributed by atoms with E-state index in [1.165, 1.54) is 12.1 Å². The van der Waals surface area contributed by atoms with Crippen LogP contribution in [0.3, 0.4) is 0 Å². The van der Waals surface area contributed by atoms with Crippen molar-refractivity contribution in [3.05, 3.63) is 46.1 Å². The van der Waals surface area contributed by atoms with Gasteiger partial charge in [0, 0.05) is 0 Å². The summed E-state index contributed by atoms with van der Waals surface area (Å²) in [7, 11) is 0. The molecule has 178 valence electrons. The quantitative estimate of drug-likeness (QED) is 0.272. The maximum Gasteiger partial charge on any atom is 0.408 e. The number of nitrogens with zero attached hydrogens (tertiary/aromatic N) is 2. The van der Waals surface area contributed by atoms with Crippen molar-refractivity contribution in [2.45, 2.75) is 53.2 Å². The fraction of sp³-hybridized carbons (Fsp3) is 0.429. The minimum absolute atomic E-state index is 0.00799. The summed E-state index contributed by atoms with van der Waals surface area (Å²) in [4.78, 5) is 51.9. The normalized spacial score (nSPS) is 12.4. The lowest BCUT2D eigenvalue weighted by atomic mass is 9.87. The smallest absolute Gasteiger partial charge is 0.408 e. The van der Waals surface area contributed by atoms with Gasteiger partial charge in [0.2, 0.25) is 0 Å². The number of esters is 1. The molecular formula is C21H26N4O7S. The summed E-state index contributed by atoms with van der Waals surface area (Å²) >= 11 is 0.692. The fourth-order valence-electron chi connectivity index (χ4n) is 2.54. The predicted octanol–water partition coefficient (Wildman–Crippen LogP) is 4.15. The van der Waals surface area contributed by atoms with Crippen LogP contribution in [0.5, 0.6) is 5.75 Å². The molecule has 2 aromatic rings. The van der Waals surface area contributed by atoms with Crippen molar-refractivity contribution < 1.29 is 28.8 Å². The van der Waals surface area contributed by atoms with Crippen molar-refractivity contribution in [2.75, 3.05) is 5.32 Å². The van der Waals surface area contributed by atoms with E-state index in [0.717, 1.165) is 6.20 Å². The Morgan fingerprint density at radius 2 is 1.76 bits per heavy atom. The van der Waals surface area contributed by atoms with Crippen LogP contribution < -0.4 is 15.4 Å². The number of carbonyl (C=O) groups excluding carboxylic acids is 3. The van der Waals surface area contributed by atoms with Gasteiger partial charge in [0.15, 0.2) is 5.13 Å². The maximum absolute atomic E-state index is 13.0. The maximum atomic E-state index is 13.0. The number of carbonyl (C=O) groups is 3. The highest BCUT2D eigenvalue weighted by Crippen LogP contribution is 2.28. The molecular weight excluding hydrogens is 452 g/mol. The zero-order valence-electron chi connectivity index (χ0n) is 19.1. The average Bonchev–Trinajstić information content (AvgIpc) is 3.13. The number of rotatable bonds is 6. The summed E-state index contributed by atoms with van der Waals surface area (Å²) in [6.07, 6.45) is 0.249. The van der Waals surface area contributed by atoms with Gasteiger partial charge in [0.1, 0.15) is 23.6 Å². The minimum atomic E-state index is -1.08. The van der Waals surface area contributed by atoms with Gasteiger partial charge in [-0.2, -0.15) is 0 Å². The molecule has 1 atom stereocenters. The van der Waals surface area contributed by atoms with Gasteiger partial charge < -0.3 is 14.8 Å². The van der Waals surface area contributed by atoms with E-state index in [4.69, 9.17) is 9.47 Å². The number of amides is 2. The molecule has 0 aliphatic rings. The SMILES string of the molecule is CC(C)(C)OC(=O)NC(C(=O)Oc1ccccc1C(=O)Nc1ncc([N+](=O)[O-])s1)C(C)(C)C. The third kappa shape index (κ3) is 7.52. The van der Waals surface area contributed by atoms with Gasteiger partial charge in [0.05, 0.1) is 10.5 Å². The van der Waals surface area contributed by atoms with Crippen molar-refractivity contribution >= 4 is 39.4 Å². The fourth-order valence-corrected chi connectivity index (χ4v) is 3.16. The lowest BCUT2D eigenvalue weighted by Crippen LogP contribution is -2.52. The Labute approximate surface area is 194 Å². The molecule has 11 nitrogen and oxygen atoms in total. The van der Waals surface area contributed by atoms with Crippen LogP contribution in [0.25, 0.3) is 0 Å². The topological polar surface area (TPSA) is 150 Å². The highest BCUT2D eigenvalue weighted by Gasteiger charge is 2.36. The second-order valence-corrected chi connectivity index (χ2v) is 10.1. The van der Waals surface area contributed by atoms with Crippen LogP contribution in [-0.2, 0) is 9.53 Å². The van der Waals surface area contributed by atoms with Crippen LogP contribution in [0.1, 0.15) is 51.9 Å². The third-order valence-electron chi connectivity index (χ3n) is 4.00. The number of ether oxygens (including phenoxy) is 2. The molecule has 0 spiro atoms. The number of nitro groups is 1. The van der Waals surface area contributed by atoms with Crippen LogP contribution in [0.4, 0.5) is 14.9 Å². The van der Waals surface area contributed by atoms with Gasteiger partial charge in [-0.15, -0.1) is 0 Å². The van der Waals surface area contributed by atoms with Gasteiger partial charge in [-0.05, 0) is 49.7 Å². The van der Waals surface area contributed by atoms with Gasteiger partial charge >= 0.3 is 17.1 Å². The molecule has 0 saturated heterocycles. The minimum Gasteiger partial charge on any atom is -0.444 e.